The largest absolute Gasteiger partial charge is 0.463 e. The van der Waals surface area contributed by atoms with E-state index in [4.69, 9.17) is 4.42 Å². The summed E-state index contributed by atoms with van der Waals surface area (Å²) in [7, 11) is 0. The van der Waals surface area contributed by atoms with E-state index in [1.165, 1.54) is 0 Å². The molecule has 0 bridgehead atoms. The van der Waals surface area contributed by atoms with Crippen molar-refractivity contribution in [1.82, 2.24) is 0 Å². The first-order valence-corrected chi connectivity index (χ1v) is 4.15. The topological polar surface area (TPSA) is 33.4 Å². The summed E-state index contributed by atoms with van der Waals surface area (Å²) in [6.45, 7) is 3.89. The molecule has 0 spiro atoms. The van der Waals surface area contributed by atoms with Crippen LogP contribution in [-0.4, -0.2) is 5.11 Å². The van der Waals surface area contributed by atoms with Gasteiger partial charge in [0, 0.05) is 0 Å². The van der Waals surface area contributed by atoms with Crippen LogP contribution in [0.15, 0.2) is 28.7 Å². The summed E-state index contributed by atoms with van der Waals surface area (Å²) < 4.78 is 5.24. The van der Waals surface area contributed by atoms with Gasteiger partial charge in [0.05, 0.1) is 0 Å². The normalized spacial score (nSPS) is 13.9. The molecule has 0 radical (unpaired) electrons. The molecule has 0 aliphatic rings. The van der Waals surface area contributed by atoms with Crippen molar-refractivity contribution in [2.24, 2.45) is 0 Å². The Kier molecular flexibility index (Phi) is 3.11. The first-order chi connectivity index (χ1) is 5.74. The zero-order valence-electron chi connectivity index (χ0n) is 7.45. The minimum Gasteiger partial charge on any atom is -0.463 e. The summed E-state index contributed by atoms with van der Waals surface area (Å²) in [5.74, 6) is 1.44. The SMILES string of the molecule is CC/C=C\C(O)c1ccc(C)o1. The molecule has 1 aromatic rings. The minimum absolute atomic E-state index is 0.598. The third-order valence-electron chi connectivity index (χ3n) is 1.61. The van der Waals surface area contributed by atoms with Crippen LogP contribution in [0.4, 0.5) is 0 Å². The van der Waals surface area contributed by atoms with E-state index in [0.717, 1.165) is 12.2 Å². The van der Waals surface area contributed by atoms with Gasteiger partial charge in [0.15, 0.2) is 0 Å². The molecule has 0 amide bonds. The first kappa shape index (κ1) is 9.07. The van der Waals surface area contributed by atoms with E-state index in [2.05, 4.69) is 0 Å². The highest BCUT2D eigenvalue weighted by Gasteiger charge is 2.06. The number of aliphatic hydroxyl groups excluding tert-OH is 1. The monoisotopic (exact) mass is 166 g/mol. The van der Waals surface area contributed by atoms with E-state index in [9.17, 15) is 5.11 Å². The zero-order valence-corrected chi connectivity index (χ0v) is 7.45. The lowest BCUT2D eigenvalue weighted by atomic mass is 10.2. The second-order valence-electron chi connectivity index (χ2n) is 2.73. The highest BCUT2D eigenvalue weighted by Crippen LogP contribution is 2.16. The third-order valence-corrected chi connectivity index (χ3v) is 1.61. The van der Waals surface area contributed by atoms with E-state index in [-0.39, 0.29) is 0 Å². The lowest BCUT2D eigenvalue weighted by molar-refractivity contribution is 0.195. The molecular weight excluding hydrogens is 152 g/mol. The van der Waals surface area contributed by atoms with Gasteiger partial charge in [-0.25, -0.2) is 0 Å². The molecule has 1 heterocycles. The van der Waals surface area contributed by atoms with Crippen LogP contribution in [0.2, 0.25) is 0 Å². The number of hydrogen-bond donors (Lipinski definition) is 1. The van der Waals surface area contributed by atoms with E-state index in [0.29, 0.717) is 5.76 Å². The summed E-state index contributed by atoms with van der Waals surface area (Å²) >= 11 is 0. The Morgan fingerprint density at radius 1 is 1.58 bits per heavy atom. The molecule has 1 rings (SSSR count). The molecule has 1 aromatic heterocycles. The Balaban J connectivity index is 2.64. The number of aryl methyl sites for hydroxylation is 1. The Morgan fingerprint density at radius 3 is 2.83 bits per heavy atom. The second kappa shape index (κ2) is 4.12. The van der Waals surface area contributed by atoms with Gasteiger partial charge >= 0.3 is 0 Å². The van der Waals surface area contributed by atoms with E-state index in [1.54, 1.807) is 12.1 Å². The number of furan rings is 1. The van der Waals surface area contributed by atoms with Crippen LogP contribution in [0.3, 0.4) is 0 Å². The predicted molar refractivity (Wildman–Crippen MR) is 47.8 cm³/mol. The average Bonchev–Trinajstić information content (AvgIpc) is 2.47. The quantitative estimate of drug-likeness (QED) is 0.700. The number of allylic oxidation sites excluding steroid dienone is 1. The fourth-order valence-corrected chi connectivity index (χ4v) is 0.972. The first-order valence-electron chi connectivity index (χ1n) is 4.15. The standard InChI is InChI=1S/C10H14O2/c1-3-4-5-9(11)10-7-6-8(2)12-10/h4-7,9,11H,3H2,1-2H3/b5-4-. The molecule has 1 atom stereocenters. The predicted octanol–water partition coefficient (Wildman–Crippen LogP) is 2.59. The molecule has 1 unspecified atom stereocenters. The van der Waals surface area contributed by atoms with Crippen LogP contribution in [0.25, 0.3) is 0 Å². The van der Waals surface area contributed by atoms with Crippen molar-refractivity contribution in [2.45, 2.75) is 26.4 Å². The Morgan fingerprint density at radius 2 is 2.33 bits per heavy atom. The van der Waals surface area contributed by atoms with Crippen molar-refractivity contribution in [3.63, 3.8) is 0 Å². The van der Waals surface area contributed by atoms with Crippen molar-refractivity contribution in [3.8, 4) is 0 Å². The van der Waals surface area contributed by atoms with Crippen LogP contribution in [0.5, 0.6) is 0 Å². The third kappa shape index (κ3) is 2.24. The molecule has 2 heteroatoms. The van der Waals surface area contributed by atoms with Crippen molar-refractivity contribution in [1.29, 1.82) is 0 Å². The van der Waals surface area contributed by atoms with E-state index >= 15 is 0 Å². The van der Waals surface area contributed by atoms with Gasteiger partial charge < -0.3 is 9.52 Å². The van der Waals surface area contributed by atoms with Gasteiger partial charge in [0.2, 0.25) is 0 Å². The highest BCUT2D eigenvalue weighted by atomic mass is 16.4. The molecule has 66 valence electrons. The van der Waals surface area contributed by atoms with Gasteiger partial charge in [-0.3, -0.25) is 0 Å². The molecule has 1 N–H and O–H groups in total. The molecule has 0 aliphatic carbocycles. The van der Waals surface area contributed by atoms with E-state index in [1.807, 2.05) is 26.0 Å². The van der Waals surface area contributed by atoms with Gasteiger partial charge in [-0.2, -0.15) is 0 Å². The maximum atomic E-state index is 9.48. The second-order valence-corrected chi connectivity index (χ2v) is 2.73. The molecule has 2 nitrogen and oxygen atoms in total. The summed E-state index contributed by atoms with van der Waals surface area (Å²) in [4.78, 5) is 0. The van der Waals surface area contributed by atoms with Crippen LogP contribution >= 0.6 is 0 Å². The van der Waals surface area contributed by atoms with Gasteiger partial charge in [-0.05, 0) is 25.5 Å². The molecular formula is C10H14O2. The Labute approximate surface area is 72.5 Å². The number of aliphatic hydroxyl groups is 1. The van der Waals surface area contributed by atoms with Crippen LogP contribution in [0.1, 0.15) is 31.0 Å². The van der Waals surface area contributed by atoms with Crippen LogP contribution < -0.4 is 0 Å². The van der Waals surface area contributed by atoms with Crippen LogP contribution in [0, 0.1) is 6.92 Å². The fraction of sp³-hybridized carbons (Fsp3) is 0.400. The Hall–Kier alpha value is -1.02. The molecule has 12 heavy (non-hydrogen) atoms. The van der Waals surface area contributed by atoms with Crippen molar-refractivity contribution < 1.29 is 9.52 Å². The smallest absolute Gasteiger partial charge is 0.136 e. The van der Waals surface area contributed by atoms with Gasteiger partial charge in [0.25, 0.3) is 0 Å². The molecule has 0 saturated carbocycles. The maximum absolute atomic E-state index is 9.48. The highest BCUT2D eigenvalue weighted by molar-refractivity contribution is 5.12. The zero-order chi connectivity index (χ0) is 8.97. The molecule has 0 fully saturated rings. The molecule has 0 saturated heterocycles. The lowest BCUT2D eigenvalue weighted by Crippen LogP contribution is -1.89. The molecule has 0 aromatic carbocycles. The fourth-order valence-electron chi connectivity index (χ4n) is 0.972. The number of rotatable bonds is 3. The van der Waals surface area contributed by atoms with E-state index < -0.39 is 6.10 Å². The van der Waals surface area contributed by atoms with Gasteiger partial charge in [-0.15, -0.1) is 0 Å². The summed E-state index contributed by atoms with van der Waals surface area (Å²) in [5, 5.41) is 9.48. The van der Waals surface area contributed by atoms with Crippen molar-refractivity contribution >= 4 is 0 Å². The minimum atomic E-state index is -0.598. The maximum Gasteiger partial charge on any atom is 0.136 e. The van der Waals surface area contributed by atoms with Gasteiger partial charge in [0.1, 0.15) is 17.6 Å². The summed E-state index contributed by atoms with van der Waals surface area (Å²) in [5.41, 5.74) is 0. The summed E-state index contributed by atoms with van der Waals surface area (Å²) in [6.07, 6.45) is 3.98. The van der Waals surface area contributed by atoms with Crippen molar-refractivity contribution in [2.75, 3.05) is 0 Å². The van der Waals surface area contributed by atoms with Crippen LogP contribution in [-0.2, 0) is 0 Å². The molecule has 0 aliphatic heterocycles. The number of hydrogen-bond acceptors (Lipinski definition) is 2. The Bertz CT molecular complexity index is 261. The summed E-state index contributed by atoms with van der Waals surface area (Å²) in [6, 6.07) is 3.64. The average molecular weight is 166 g/mol. The van der Waals surface area contributed by atoms with Gasteiger partial charge in [-0.1, -0.05) is 19.1 Å². The van der Waals surface area contributed by atoms with Crippen molar-refractivity contribution in [3.05, 3.63) is 35.8 Å². The lowest BCUT2D eigenvalue weighted by Gasteiger charge is -1.99.